The average molecular weight is 362 g/mol. The SMILES string of the molecule is CC(C)(C)c1ccc2ccnc(C(=O)Nc3ccc(CC(=O)O)cc3)c2c1. The Labute approximate surface area is 158 Å². The van der Waals surface area contributed by atoms with Crippen LogP contribution in [0.2, 0.25) is 0 Å². The number of carboxylic acids is 1. The minimum absolute atomic E-state index is 0.0300. The maximum atomic E-state index is 12.8. The molecule has 27 heavy (non-hydrogen) atoms. The summed E-state index contributed by atoms with van der Waals surface area (Å²) in [5.41, 5.74) is 2.75. The molecule has 0 bridgehead atoms. The lowest BCUT2D eigenvalue weighted by Gasteiger charge is -2.20. The standard InChI is InChI=1S/C22H22N2O3/c1-22(2,3)16-7-6-15-10-11-23-20(18(15)13-16)21(27)24-17-8-4-14(5-9-17)12-19(25)26/h4-11,13H,12H2,1-3H3,(H,24,27)(H,25,26). The molecule has 0 spiro atoms. The van der Waals surface area contributed by atoms with Crippen LogP contribution in [0.15, 0.2) is 54.7 Å². The largest absolute Gasteiger partial charge is 0.481 e. The Morgan fingerprint density at radius 3 is 2.37 bits per heavy atom. The highest BCUT2D eigenvalue weighted by molar-refractivity contribution is 6.11. The van der Waals surface area contributed by atoms with Crippen LogP contribution in [0.3, 0.4) is 0 Å². The molecule has 2 N–H and O–H groups in total. The van der Waals surface area contributed by atoms with E-state index in [1.54, 1.807) is 30.5 Å². The first-order valence-corrected chi connectivity index (χ1v) is 8.75. The molecule has 0 saturated heterocycles. The number of aliphatic carboxylic acids is 1. The van der Waals surface area contributed by atoms with E-state index in [-0.39, 0.29) is 17.7 Å². The number of aromatic nitrogens is 1. The Kier molecular flexibility index (Phi) is 4.95. The Balaban J connectivity index is 1.90. The van der Waals surface area contributed by atoms with Gasteiger partial charge < -0.3 is 10.4 Å². The highest BCUT2D eigenvalue weighted by Crippen LogP contribution is 2.27. The molecule has 0 radical (unpaired) electrons. The molecule has 0 fully saturated rings. The van der Waals surface area contributed by atoms with Crippen LogP contribution in [-0.2, 0) is 16.6 Å². The molecule has 0 aliphatic rings. The van der Waals surface area contributed by atoms with Crippen LogP contribution in [0.4, 0.5) is 5.69 Å². The van der Waals surface area contributed by atoms with E-state index in [9.17, 15) is 9.59 Å². The minimum atomic E-state index is -0.888. The molecular formula is C22H22N2O3. The van der Waals surface area contributed by atoms with Crippen molar-refractivity contribution < 1.29 is 14.7 Å². The second kappa shape index (κ2) is 7.19. The molecule has 0 aliphatic heterocycles. The van der Waals surface area contributed by atoms with Gasteiger partial charge in [-0.05, 0) is 46.2 Å². The van der Waals surface area contributed by atoms with Crippen molar-refractivity contribution in [3.8, 4) is 0 Å². The molecule has 5 nitrogen and oxygen atoms in total. The van der Waals surface area contributed by atoms with Gasteiger partial charge in [0.05, 0.1) is 6.42 Å². The zero-order chi connectivity index (χ0) is 19.6. The van der Waals surface area contributed by atoms with Crippen LogP contribution in [-0.4, -0.2) is 22.0 Å². The van der Waals surface area contributed by atoms with E-state index < -0.39 is 5.97 Å². The third-order valence-electron chi connectivity index (χ3n) is 4.41. The van der Waals surface area contributed by atoms with Crippen LogP contribution in [0.5, 0.6) is 0 Å². The van der Waals surface area contributed by atoms with Crippen molar-refractivity contribution in [2.24, 2.45) is 0 Å². The molecule has 1 amide bonds. The molecule has 0 unspecified atom stereocenters. The fraction of sp³-hybridized carbons (Fsp3) is 0.227. The van der Waals surface area contributed by atoms with Gasteiger partial charge in [-0.3, -0.25) is 14.6 Å². The molecule has 1 heterocycles. The summed E-state index contributed by atoms with van der Waals surface area (Å²) in [6, 6.07) is 14.8. The van der Waals surface area contributed by atoms with E-state index >= 15 is 0 Å². The van der Waals surface area contributed by atoms with Gasteiger partial charge in [0, 0.05) is 17.3 Å². The van der Waals surface area contributed by atoms with Gasteiger partial charge in [0.15, 0.2) is 0 Å². The molecule has 0 aliphatic carbocycles. The van der Waals surface area contributed by atoms with Gasteiger partial charge in [-0.15, -0.1) is 0 Å². The molecule has 2 aromatic carbocycles. The lowest BCUT2D eigenvalue weighted by atomic mass is 9.86. The summed E-state index contributed by atoms with van der Waals surface area (Å²) in [4.78, 5) is 27.8. The van der Waals surface area contributed by atoms with Gasteiger partial charge in [0.2, 0.25) is 0 Å². The highest BCUT2D eigenvalue weighted by Gasteiger charge is 2.17. The van der Waals surface area contributed by atoms with Crippen LogP contribution >= 0.6 is 0 Å². The van der Waals surface area contributed by atoms with Crippen molar-refractivity contribution in [2.75, 3.05) is 5.32 Å². The van der Waals surface area contributed by atoms with E-state index in [4.69, 9.17) is 5.11 Å². The molecule has 138 valence electrons. The van der Waals surface area contributed by atoms with Crippen molar-refractivity contribution in [1.29, 1.82) is 0 Å². The number of anilines is 1. The molecule has 3 rings (SSSR count). The van der Waals surface area contributed by atoms with Crippen molar-refractivity contribution in [3.05, 3.63) is 71.5 Å². The van der Waals surface area contributed by atoms with Gasteiger partial charge in [0.1, 0.15) is 5.69 Å². The second-order valence-corrected chi connectivity index (χ2v) is 7.57. The predicted octanol–water partition coefficient (Wildman–Crippen LogP) is 4.41. The summed E-state index contributed by atoms with van der Waals surface area (Å²) in [6.07, 6.45) is 1.58. The second-order valence-electron chi connectivity index (χ2n) is 7.57. The van der Waals surface area contributed by atoms with E-state index in [2.05, 4.69) is 37.1 Å². The maximum Gasteiger partial charge on any atom is 0.307 e. The van der Waals surface area contributed by atoms with Gasteiger partial charge in [-0.2, -0.15) is 0 Å². The summed E-state index contributed by atoms with van der Waals surface area (Å²) in [5.74, 6) is -1.18. The quantitative estimate of drug-likeness (QED) is 0.720. The topological polar surface area (TPSA) is 79.3 Å². The third-order valence-corrected chi connectivity index (χ3v) is 4.41. The Morgan fingerprint density at radius 1 is 1.04 bits per heavy atom. The molecule has 0 atom stereocenters. The van der Waals surface area contributed by atoms with Crippen molar-refractivity contribution in [1.82, 2.24) is 4.98 Å². The Morgan fingerprint density at radius 2 is 1.74 bits per heavy atom. The van der Waals surface area contributed by atoms with Gasteiger partial charge in [-0.1, -0.05) is 45.0 Å². The van der Waals surface area contributed by atoms with Crippen LogP contribution < -0.4 is 5.32 Å². The van der Waals surface area contributed by atoms with Gasteiger partial charge in [-0.25, -0.2) is 0 Å². The predicted molar refractivity (Wildman–Crippen MR) is 106 cm³/mol. The lowest BCUT2D eigenvalue weighted by molar-refractivity contribution is -0.136. The number of carbonyl (C=O) groups excluding carboxylic acids is 1. The first kappa shape index (κ1) is 18.6. The molecule has 0 saturated carbocycles. The van der Waals surface area contributed by atoms with Crippen molar-refractivity contribution in [2.45, 2.75) is 32.6 Å². The van der Waals surface area contributed by atoms with E-state index in [1.165, 1.54) is 0 Å². The average Bonchev–Trinajstić information content (AvgIpc) is 2.61. The number of pyridine rings is 1. The Hall–Kier alpha value is -3.21. The maximum absolute atomic E-state index is 12.8. The summed E-state index contributed by atoms with van der Waals surface area (Å²) in [6.45, 7) is 6.38. The summed E-state index contributed by atoms with van der Waals surface area (Å²) >= 11 is 0. The number of rotatable bonds is 4. The fourth-order valence-electron chi connectivity index (χ4n) is 2.89. The molecular weight excluding hydrogens is 340 g/mol. The zero-order valence-electron chi connectivity index (χ0n) is 15.6. The number of carbonyl (C=O) groups is 2. The number of nitrogens with zero attached hydrogens (tertiary/aromatic N) is 1. The monoisotopic (exact) mass is 362 g/mol. The molecule has 3 aromatic rings. The smallest absolute Gasteiger partial charge is 0.307 e. The van der Waals surface area contributed by atoms with Crippen molar-refractivity contribution >= 4 is 28.3 Å². The first-order chi connectivity index (χ1) is 12.7. The number of fused-ring (bicyclic) bond motifs is 1. The van der Waals surface area contributed by atoms with E-state index in [0.29, 0.717) is 16.9 Å². The number of nitrogens with one attached hydrogen (secondary N) is 1. The third kappa shape index (κ3) is 4.31. The van der Waals surface area contributed by atoms with E-state index in [1.807, 2.05) is 18.2 Å². The fourth-order valence-corrected chi connectivity index (χ4v) is 2.89. The van der Waals surface area contributed by atoms with Crippen LogP contribution in [0.1, 0.15) is 42.4 Å². The Bertz CT molecular complexity index is 1000. The van der Waals surface area contributed by atoms with E-state index in [0.717, 1.165) is 16.3 Å². The number of benzene rings is 2. The van der Waals surface area contributed by atoms with Crippen molar-refractivity contribution in [3.63, 3.8) is 0 Å². The molecule has 1 aromatic heterocycles. The lowest BCUT2D eigenvalue weighted by Crippen LogP contribution is -2.15. The highest BCUT2D eigenvalue weighted by atomic mass is 16.4. The number of carboxylic acid groups (broad SMARTS) is 1. The molecule has 5 heteroatoms. The summed E-state index contributed by atoms with van der Waals surface area (Å²) in [7, 11) is 0. The number of hydrogen-bond acceptors (Lipinski definition) is 3. The number of amides is 1. The zero-order valence-corrected chi connectivity index (χ0v) is 15.6. The van der Waals surface area contributed by atoms with Gasteiger partial charge >= 0.3 is 5.97 Å². The normalized spacial score (nSPS) is 11.4. The summed E-state index contributed by atoms with van der Waals surface area (Å²) < 4.78 is 0. The van der Waals surface area contributed by atoms with Crippen LogP contribution in [0.25, 0.3) is 10.8 Å². The van der Waals surface area contributed by atoms with Crippen LogP contribution in [0, 0.1) is 0 Å². The first-order valence-electron chi connectivity index (χ1n) is 8.75. The minimum Gasteiger partial charge on any atom is -0.481 e. The number of hydrogen-bond donors (Lipinski definition) is 2. The summed E-state index contributed by atoms with van der Waals surface area (Å²) in [5, 5.41) is 13.4. The van der Waals surface area contributed by atoms with Gasteiger partial charge in [0.25, 0.3) is 5.91 Å².